The summed E-state index contributed by atoms with van der Waals surface area (Å²) >= 11 is 0. The third kappa shape index (κ3) is 3.21. The number of nitrogens with zero attached hydrogens (tertiary/aromatic N) is 2. The van der Waals surface area contributed by atoms with Crippen LogP contribution >= 0.6 is 0 Å². The Morgan fingerprint density at radius 1 is 1.29 bits per heavy atom. The third-order valence-corrected chi connectivity index (χ3v) is 4.40. The van der Waals surface area contributed by atoms with Crippen molar-refractivity contribution < 1.29 is 4.74 Å². The Balaban J connectivity index is 1.90. The van der Waals surface area contributed by atoms with E-state index in [1.165, 1.54) is 45.4 Å². The van der Waals surface area contributed by atoms with Crippen LogP contribution in [0.1, 0.15) is 33.1 Å². The van der Waals surface area contributed by atoms with Crippen LogP contribution in [-0.2, 0) is 4.74 Å². The average Bonchev–Trinajstić information content (AvgIpc) is 2.75. The second-order valence-electron chi connectivity index (χ2n) is 5.94. The molecule has 0 aromatic rings. The summed E-state index contributed by atoms with van der Waals surface area (Å²) in [6.45, 7) is 10.7. The van der Waals surface area contributed by atoms with Gasteiger partial charge in [0.1, 0.15) is 0 Å². The number of piperazine rings is 1. The summed E-state index contributed by atoms with van der Waals surface area (Å²) in [6, 6.07) is 1.59. The summed E-state index contributed by atoms with van der Waals surface area (Å²) in [5.74, 6) is 0.763. The molecule has 0 saturated carbocycles. The molecular weight excluding hydrogens is 212 g/mol. The SMILES string of the molecule is COCCCN1CC2CCCN2CC1C(C)C. The number of fused-ring (bicyclic) bond motifs is 1. The smallest absolute Gasteiger partial charge is 0.0474 e. The van der Waals surface area contributed by atoms with Crippen LogP contribution in [0.25, 0.3) is 0 Å². The van der Waals surface area contributed by atoms with Crippen LogP contribution in [0.3, 0.4) is 0 Å². The van der Waals surface area contributed by atoms with Gasteiger partial charge in [-0.25, -0.2) is 0 Å². The second kappa shape index (κ2) is 6.17. The molecule has 2 aliphatic rings. The van der Waals surface area contributed by atoms with Crippen molar-refractivity contribution in [3.8, 4) is 0 Å². The predicted octanol–water partition coefficient (Wildman–Crippen LogP) is 1.83. The van der Waals surface area contributed by atoms with Gasteiger partial charge in [0, 0.05) is 45.4 Å². The van der Waals surface area contributed by atoms with Gasteiger partial charge in [-0.05, 0) is 31.7 Å². The van der Waals surface area contributed by atoms with Crippen LogP contribution in [0.4, 0.5) is 0 Å². The molecule has 2 fully saturated rings. The molecule has 2 unspecified atom stereocenters. The van der Waals surface area contributed by atoms with Crippen LogP contribution in [0, 0.1) is 5.92 Å². The van der Waals surface area contributed by atoms with E-state index in [2.05, 4.69) is 23.6 Å². The largest absolute Gasteiger partial charge is 0.385 e. The van der Waals surface area contributed by atoms with Gasteiger partial charge in [0.2, 0.25) is 0 Å². The zero-order valence-corrected chi connectivity index (χ0v) is 11.7. The van der Waals surface area contributed by atoms with Crippen molar-refractivity contribution in [1.29, 1.82) is 0 Å². The van der Waals surface area contributed by atoms with Crippen molar-refractivity contribution in [2.24, 2.45) is 5.92 Å². The molecule has 0 amide bonds. The monoisotopic (exact) mass is 240 g/mol. The Hall–Kier alpha value is -0.120. The van der Waals surface area contributed by atoms with E-state index in [1.807, 2.05) is 0 Å². The maximum Gasteiger partial charge on any atom is 0.0474 e. The molecule has 2 aliphatic heterocycles. The zero-order chi connectivity index (χ0) is 12.3. The summed E-state index contributed by atoms with van der Waals surface area (Å²) in [6.07, 6.45) is 3.99. The zero-order valence-electron chi connectivity index (χ0n) is 11.7. The molecular formula is C14H28N2O. The number of hydrogen-bond donors (Lipinski definition) is 0. The molecule has 0 spiro atoms. The minimum atomic E-state index is 0.751. The number of rotatable bonds is 5. The highest BCUT2D eigenvalue weighted by Crippen LogP contribution is 2.27. The van der Waals surface area contributed by atoms with Gasteiger partial charge >= 0.3 is 0 Å². The Bertz CT molecular complexity index is 232. The molecule has 2 heterocycles. The van der Waals surface area contributed by atoms with E-state index in [-0.39, 0.29) is 0 Å². The number of hydrogen-bond acceptors (Lipinski definition) is 3. The van der Waals surface area contributed by atoms with Crippen LogP contribution in [-0.4, -0.2) is 61.8 Å². The minimum absolute atomic E-state index is 0.751. The molecule has 100 valence electrons. The van der Waals surface area contributed by atoms with Gasteiger partial charge in [-0.2, -0.15) is 0 Å². The quantitative estimate of drug-likeness (QED) is 0.682. The Morgan fingerprint density at radius 2 is 2.12 bits per heavy atom. The van der Waals surface area contributed by atoms with Gasteiger partial charge in [-0.1, -0.05) is 13.8 Å². The van der Waals surface area contributed by atoms with Gasteiger partial charge in [-0.3, -0.25) is 9.80 Å². The lowest BCUT2D eigenvalue weighted by Gasteiger charge is -2.45. The standard InChI is InChI=1S/C14H28N2O/c1-12(2)14-11-15-7-4-6-13(15)10-16(14)8-5-9-17-3/h12-14H,4-11H2,1-3H3. The summed E-state index contributed by atoms with van der Waals surface area (Å²) < 4.78 is 5.18. The van der Waals surface area contributed by atoms with E-state index in [0.29, 0.717) is 0 Å². The molecule has 0 aromatic heterocycles. The fourth-order valence-corrected chi connectivity index (χ4v) is 3.41. The lowest BCUT2D eigenvalue weighted by atomic mass is 9.97. The molecule has 3 heteroatoms. The van der Waals surface area contributed by atoms with E-state index < -0.39 is 0 Å². The first kappa shape index (κ1) is 13.3. The Labute approximate surface area is 106 Å². The highest BCUT2D eigenvalue weighted by molar-refractivity contribution is 4.93. The van der Waals surface area contributed by atoms with Crippen molar-refractivity contribution in [2.75, 3.05) is 39.9 Å². The van der Waals surface area contributed by atoms with E-state index in [4.69, 9.17) is 4.74 Å². The van der Waals surface area contributed by atoms with Gasteiger partial charge in [-0.15, -0.1) is 0 Å². The van der Waals surface area contributed by atoms with Crippen molar-refractivity contribution in [3.63, 3.8) is 0 Å². The Morgan fingerprint density at radius 3 is 2.82 bits per heavy atom. The van der Waals surface area contributed by atoms with Gasteiger partial charge < -0.3 is 4.74 Å². The molecule has 2 atom stereocenters. The topological polar surface area (TPSA) is 15.7 Å². The second-order valence-corrected chi connectivity index (χ2v) is 5.94. The first-order valence-electron chi connectivity index (χ1n) is 7.19. The molecule has 2 saturated heterocycles. The molecule has 17 heavy (non-hydrogen) atoms. The van der Waals surface area contributed by atoms with Crippen molar-refractivity contribution in [1.82, 2.24) is 9.80 Å². The average molecular weight is 240 g/mol. The van der Waals surface area contributed by atoms with Crippen LogP contribution in [0.2, 0.25) is 0 Å². The number of methoxy groups -OCH3 is 1. The molecule has 0 bridgehead atoms. The maximum atomic E-state index is 5.18. The van der Waals surface area contributed by atoms with Gasteiger partial charge in [0.15, 0.2) is 0 Å². The van der Waals surface area contributed by atoms with Crippen LogP contribution in [0.15, 0.2) is 0 Å². The molecule has 3 nitrogen and oxygen atoms in total. The molecule has 2 rings (SSSR count). The first-order chi connectivity index (χ1) is 8.22. The van der Waals surface area contributed by atoms with Gasteiger partial charge in [0.25, 0.3) is 0 Å². The van der Waals surface area contributed by atoms with Gasteiger partial charge in [0.05, 0.1) is 0 Å². The van der Waals surface area contributed by atoms with E-state index in [0.717, 1.165) is 24.6 Å². The highest BCUT2D eigenvalue weighted by atomic mass is 16.5. The summed E-state index contributed by atoms with van der Waals surface area (Å²) in [7, 11) is 1.80. The third-order valence-electron chi connectivity index (χ3n) is 4.40. The highest BCUT2D eigenvalue weighted by Gasteiger charge is 2.36. The molecule has 0 N–H and O–H groups in total. The van der Waals surface area contributed by atoms with Crippen LogP contribution in [0.5, 0.6) is 0 Å². The Kier molecular flexibility index (Phi) is 4.83. The minimum Gasteiger partial charge on any atom is -0.385 e. The fourth-order valence-electron chi connectivity index (χ4n) is 3.41. The van der Waals surface area contributed by atoms with E-state index in [9.17, 15) is 0 Å². The number of ether oxygens (including phenoxy) is 1. The predicted molar refractivity (Wildman–Crippen MR) is 71.3 cm³/mol. The molecule has 0 aromatic carbocycles. The normalized spacial score (nSPS) is 31.1. The lowest BCUT2D eigenvalue weighted by Crippen LogP contribution is -2.57. The molecule has 0 aliphatic carbocycles. The van der Waals surface area contributed by atoms with E-state index >= 15 is 0 Å². The molecule has 0 radical (unpaired) electrons. The maximum absolute atomic E-state index is 5.18. The van der Waals surface area contributed by atoms with Crippen molar-refractivity contribution in [3.05, 3.63) is 0 Å². The summed E-state index contributed by atoms with van der Waals surface area (Å²) in [5, 5.41) is 0. The van der Waals surface area contributed by atoms with Crippen LogP contribution < -0.4 is 0 Å². The lowest BCUT2D eigenvalue weighted by molar-refractivity contribution is 0.0242. The summed E-state index contributed by atoms with van der Waals surface area (Å²) in [4.78, 5) is 5.44. The fraction of sp³-hybridized carbons (Fsp3) is 1.00. The van der Waals surface area contributed by atoms with Crippen molar-refractivity contribution in [2.45, 2.75) is 45.2 Å². The summed E-state index contributed by atoms with van der Waals surface area (Å²) in [5.41, 5.74) is 0. The van der Waals surface area contributed by atoms with E-state index in [1.54, 1.807) is 7.11 Å². The van der Waals surface area contributed by atoms with Crippen molar-refractivity contribution >= 4 is 0 Å². The first-order valence-corrected chi connectivity index (χ1v) is 7.19.